The zero-order valence-corrected chi connectivity index (χ0v) is 12.6. The van der Waals surface area contributed by atoms with Crippen LogP contribution in [0.2, 0.25) is 4.34 Å². The Morgan fingerprint density at radius 1 is 1.47 bits per heavy atom. The fraction of sp³-hybridized carbons (Fsp3) is 0.500. The average Bonchev–Trinajstić information content (AvgIpc) is 3.08. The number of thiophene rings is 1. The number of hydrogen-bond donors (Lipinski definition) is 1. The van der Waals surface area contributed by atoms with Crippen molar-refractivity contribution in [3.8, 4) is 0 Å². The lowest BCUT2D eigenvalue weighted by Crippen LogP contribution is -2.30. The number of halogens is 1. The molecule has 0 bridgehead atoms. The Kier molecular flexibility index (Phi) is 5.54. The summed E-state index contributed by atoms with van der Waals surface area (Å²) in [5.74, 6) is 0.386. The van der Waals surface area contributed by atoms with Gasteiger partial charge in [-0.1, -0.05) is 11.6 Å². The summed E-state index contributed by atoms with van der Waals surface area (Å²) in [5.41, 5.74) is 0. The summed E-state index contributed by atoms with van der Waals surface area (Å²) < 4.78 is 5.63. The minimum Gasteiger partial charge on any atom is -0.455 e. The van der Waals surface area contributed by atoms with E-state index in [1.54, 1.807) is 0 Å². The first-order valence-electron chi connectivity index (χ1n) is 5.90. The number of rotatable bonds is 7. The van der Waals surface area contributed by atoms with Crippen LogP contribution in [-0.2, 0) is 20.1 Å². The maximum absolute atomic E-state index is 11.4. The molecular formula is C12H14ClNO3S2. The maximum Gasteiger partial charge on any atom is 0.316 e. The fourth-order valence-corrected chi connectivity index (χ4v) is 3.37. The summed E-state index contributed by atoms with van der Waals surface area (Å²) in [7, 11) is 0. The van der Waals surface area contributed by atoms with Gasteiger partial charge >= 0.3 is 5.97 Å². The van der Waals surface area contributed by atoms with Gasteiger partial charge in [0.25, 0.3) is 5.91 Å². The van der Waals surface area contributed by atoms with Gasteiger partial charge < -0.3 is 10.1 Å². The van der Waals surface area contributed by atoms with E-state index < -0.39 is 0 Å². The number of thioether (sulfide) groups is 1. The minimum absolute atomic E-state index is 0.180. The molecule has 4 nitrogen and oxygen atoms in total. The van der Waals surface area contributed by atoms with Crippen LogP contribution < -0.4 is 5.32 Å². The molecule has 104 valence electrons. The number of ether oxygens (including phenoxy) is 1. The summed E-state index contributed by atoms with van der Waals surface area (Å²) in [4.78, 5) is 23.8. The molecule has 1 aromatic rings. The Morgan fingerprint density at radius 2 is 2.26 bits per heavy atom. The first-order valence-corrected chi connectivity index (χ1v) is 8.25. The Bertz CT molecular complexity index is 460. The molecule has 1 aliphatic carbocycles. The highest BCUT2D eigenvalue weighted by molar-refractivity contribution is 7.99. The van der Waals surface area contributed by atoms with E-state index in [2.05, 4.69) is 5.32 Å². The van der Waals surface area contributed by atoms with Gasteiger partial charge in [-0.25, -0.2) is 0 Å². The Morgan fingerprint density at radius 3 is 2.89 bits per heavy atom. The van der Waals surface area contributed by atoms with E-state index in [9.17, 15) is 9.59 Å². The minimum atomic E-state index is -0.362. The van der Waals surface area contributed by atoms with Crippen molar-refractivity contribution in [2.24, 2.45) is 0 Å². The first kappa shape index (κ1) is 14.7. The van der Waals surface area contributed by atoms with Gasteiger partial charge in [0.2, 0.25) is 0 Å². The molecule has 1 heterocycles. The predicted molar refractivity (Wildman–Crippen MR) is 77.6 cm³/mol. The summed E-state index contributed by atoms with van der Waals surface area (Å²) in [6.45, 7) is -0.180. The normalized spacial score (nSPS) is 14.2. The summed E-state index contributed by atoms with van der Waals surface area (Å²) in [6, 6.07) is 4.07. The van der Waals surface area contributed by atoms with Crippen molar-refractivity contribution in [1.82, 2.24) is 5.32 Å². The number of carbonyl (C=O) groups is 2. The van der Waals surface area contributed by atoms with E-state index in [4.69, 9.17) is 16.3 Å². The van der Waals surface area contributed by atoms with E-state index in [0.717, 1.165) is 27.8 Å². The van der Waals surface area contributed by atoms with E-state index in [0.29, 0.717) is 6.04 Å². The van der Waals surface area contributed by atoms with E-state index in [1.807, 2.05) is 12.1 Å². The predicted octanol–water partition coefficient (Wildman–Crippen LogP) is 2.46. The summed E-state index contributed by atoms with van der Waals surface area (Å²) in [6.07, 6.45) is 2.05. The van der Waals surface area contributed by atoms with Gasteiger partial charge in [0, 0.05) is 16.7 Å². The first-order chi connectivity index (χ1) is 9.13. The van der Waals surface area contributed by atoms with Gasteiger partial charge in [-0.15, -0.1) is 23.1 Å². The van der Waals surface area contributed by atoms with Crippen molar-refractivity contribution < 1.29 is 14.3 Å². The van der Waals surface area contributed by atoms with Gasteiger partial charge in [-0.3, -0.25) is 9.59 Å². The van der Waals surface area contributed by atoms with Crippen LogP contribution in [0.25, 0.3) is 0 Å². The highest BCUT2D eigenvalue weighted by Crippen LogP contribution is 2.25. The SMILES string of the molecule is O=C(COC(=O)CSCc1ccc(Cl)s1)NC1CC1. The quantitative estimate of drug-likeness (QED) is 0.784. The molecule has 1 amide bonds. The van der Waals surface area contributed by atoms with E-state index >= 15 is 0 Å². The number of amides is 1. The monoisotopic (exact) mass is 319 g/mol. The van der Waals surface area contributed by atoms with Crippen molar-refractivity contribution >= 4 is 46.6 Å². The van der Waals surface area contributed by atoms with Crippen LogP contribution in [0.5, 0.6) is 0 Å². The van der Waals surface area contributed by atoms with Crippen molar-refractivity contribution in [3.63, 3.8) is 0 Å². The Labute approximate surface area is 124 Å². The standard InChI is InChI=1S/C12H14ClNO3S2/c13-10-4-3-9(19-10)6-18-7-12(16)17-5-11(15)14-8-1-2-8/h3-4,8H,1-2,5-7H2,(H,14,15). The van der Waals surface area contributed by atoms with Crippen LogP contribution in [0.15, 0.2) is 12.1 Å². The van der Waals surface area contributed by atoms with Gasteiger partial charge in [-0.2, -0.15) is 0 Å². The Hall–Kier alpha value is -0.720. The molecular weight excluding hydrogens is 306 g/mol. The van der Waals surface area contributed by atoms with Crippen LogP contribution >= 0.6 is 34.7 Å². The molecule has 0 unspecified atom stereocenters. The Balaban J connectivity index is 1.55. The summed E-state index contributed by atoms with van der Waals surface area (Å²) in [5, 5.41) is 2.76. The topological polar surface area (TPSA) is 55.4 Å². The second-order valence-electron chi connectivity index (χ2n) is 4.20. The largest absolute Gasteiger partial charge is 0.455 e. The molecule has 0 aliphatic heterocycles. The fourth-order valence-electron chi connectivity index (χ4n) is 1.35. The van der Waals surface area contributed by atoms with Gasteiger partial charge in [0.05, 0.1) is 10.1 Å². The van der Waals surface area contributed by atoms with E-state index in [1.165, 1.54) is 23.1 Å². The third kappa shape index (κ3) is 5.84. The van der Waals surface area contributed by atoms with E-state index in [-0.39, 0.29) is 24.2 Å². The van der Waals surface area contributed by atoms with Crippen LogP contribution in [-0.4, -0.2) is 30.3 Å². The lowest BCUT2D eigenvalue weighted by atomic mass is 10.5. The molecule has 1 aliphatic rings. The molecule has 2 rings (SSSR count). The van der Waals surface area contributed by atoms with Crippen LogP contribution in [0, 0.1) is 0 Å². The van der Waals surface area contributed by atoms with Gasteiger partial charge in [0.1, 0.15) is 0 Å². The molecule has 0 aromatic carbocycles. The molecule has 19 heavy (non-hydrogen) atoms. The number of carbonyl (C=O) groups excluding carboxylic acids is 2. The lowest BCUT2D eigenvalue weighted by molar-refractivity contribution is -0.145. The molecule has 0 atom stereocenters. The lowest BCUT2D eigenvalue weighted by Gasteiger charge is -2.05. The zero-order valence-electron chi connectivity index (χ0n) is 10.2. The molecule has 0 radical (unpaired) electrons. The number of nitrogens with one attached hydrogen (secondary N) is 1. The second-order valence-corrected chi connectivity index (χ2v) is 6.99. The molecule has 7 heteroatoms. The average molecular weight is 320 g/mol. The second kappa shape index (κ2) is 7.17. The van der Waals surface area contributed by atoms with Crippen molar-refractivity contribution in [3.05, 3.63) is 21.3 Å². The van der Waals surface area contributed by atoms with Gasteiger partial charge in [-0.05, 0) is 25.0 Å². The maximum atomic E-state index is 11.4. The van der Waals surface area contributed by atoms with Gasteiger partial charge in [0.15, 0.2) is 6.61 Å². The van der Waals surface area contributed by atoms with Crippen LogP contribution in [0.1, 0.15) is 17.7 Å². The van der Waals surface area contributed by atoms with Crippen molar-refractivity contribution in [2.75, 3.05) is 12.4 Å². The highest BCUT2D eigenvalue weighted by Gasteiger charge is 2.23. The van der Waals surface area contributed by atoms with Crippen molar-refractivity contribution in [1.29, 1.82) is 0 Å². The number of hydrogen-bond acceptors (Lipinski definition) is 5. The molecule has 0 spiro atoms. The van der Waals surface area contributed by atoms with Crippen LogP contribution in [0.3, 0.4) is 0 Å². The highest BCUT2D eigenvalue weighted by atomic mass is 35.5. The van der Waals surface area contributed by atoms with Crippen LogP contribution in [0.4, 0.5) is 0 Å². The summed E-state index contributed by atoms with van der Waals surface area (Å²) >= 11 is 8.76. The third-order valence-electron chi connectivity index (χ3n) is 2.40. The van der Waals surface area contributed by atoms with Crippen molar-refractivity contribution in [2.45, 2.75) is 24.6 Å². The smallest absolute Gasteiger partial charge is 0.316 e. The zero-order chi connectivity index (χ0) is 13.7. The molecule has 0 saturated heterocycles. The number of esters is 1. The molecule has 1 N–H and O–H groups in total. The third-order valence-corrected chi connectivity index (χ3v) is 4.77. The molecule has 1 saturated carbocycles. The molecule has 1 fully saturated rings. The molecule has 1 aromatic heterocycles.